The molecule has 0 amide bonds. The molecule has 18 heavy (non-hydrogen) atoms. The molecule has 1 saturated heterocycles. The van der Waals surface area contributed by atoms with E-state index in [1.807, 2.05) is 18.2 Å². The third-order valence-electron chi connectivity index (χ3n) is 3.55. The number of hydrogen-bond acceptors (Lipinski definition) is 2. The standard InChI is InChI=1S/C13H14Cl2N2O/c1-13(5-6-18-8-13)17-11(7-14)16-10-4-2-3-9(15)12(10)17/h2-4H,5-8H2,1H3. The summed E-state index contributed by atoms with van der Waals surface area (Å²) in [4.78, 5) is 4.57. The SMILES string of the molecule is CC1(n2c(CCl)nc3cccc(Cl)c32)CCOC1. The minimum absolute atomic E-state index is 0.107. The van der Waals surface area contributed by atoms with E-state index in [0.717, 1.165) is 29.9 Å². The van der Waals surface area contributed by atoms with E-state index in [-0.39, 0.29) is 5.54 Å². The van der Waals surface area contributed by atoms with Gasteiger partial charge in [-0.1, -0.05) is 17.7 Å². The van der Waals surface area contributed by atoms with Gasteiger partial charge in [0.1, 0.15) is 5.82 Å². The molecule has 2 aromatic rings. The van der Waals surface area contributed by atoms with Crippen LogP contribution in [0.4, 0.5) is 0 Å². The Hall–Kier alpha value is -0.770. The summed E-state index contributed by atoms with van der Waals surface area (Å²) in [5, 5.41) is 0.712. The molecule has 0 radical (unpaired) electrons. The quantitative estimate of drug-likeness (QED) is 0.789. The molecular formula is C13H14Cl2N2O. The number of nitrogens with zero attached hydrogens (tertiary/aromatic N) is 2. The third-order valence-corrected chi connectivity index (χ3v) is 4.10. The van der Waals surface area contributed by atoms with Crippen LogP contribution >= 0.6 is 23.2 Å². The maximum absolute atomic E-state index is 6.33. The van der Waals surface area contributed by atoms with Crippen LogP contribution in [0.5, 0.6) is 0 Å². The minimum atomic E-state index is -0.107. The number of fused-ring (bicyclic) bond motifs is 1. The van der Waals surface area contributed by atoms with Crippen LogP contribution < -0.4 is 0 Å². The highest BCUT2D eigenvalue weighted by Crippen LogP contribution is 2.35. The van der Waals surface area contributed by atoms with Crippen molar-refractivity contribution in [2.45, 2.75) is 24.8 Å². The van der Waals surface area contributed by atoms with Crippen LogP contribution in [-0.2, 0) is 16.2 Å². The van der Waals surface area contributed by atoms with Crippen LogP contribution in [0.2, 0.25) is 5.02 Å². The largest absolute Gasteiger partial charge is 0.379 e. The molecule has 5 heteroatoms. The maximum Gasteiger partial charge on any atom is 0.125 e. The highest BCUT2D eigenvalue weighted by molar-refractivity contribution is 6.35. The first kappa shape index (κ1) is 12.3. The fourth-order valence-electron chi connectivity index (χ4n) is 2.64. The molecule has 0 aliphatic carbocycles. The van der Waals surface area contributed by atoms with Gasteiger partial charge in [0, 0.05) is 6.61 Å². The molecule has 1 aromatic carbocycles. The molecule has 1 aromatic heterocycles. The molecule has 0 bridgehead atoms. The van der Waals surface area contributed by atoms with Crippen molar-refractivity contribution in [1.29, 1.82) is 0 Å². The lowest BCUT2D eigenvalue weighted by Crippen LogP contribution is -2.31. The predicted octanol–water partition coefficient (Wildman–Crippen LogP) is 3.56. The average Bonchev–Trinajstić information content (AvgIpc) is 2.94. The van der Waals surface area contributed by atoms with Crippen LogP contribution in [0, 0.1) is 0 Å². The second-order valence-corrected chi connectivity index (χ2v) is 5.58. The van der Waals surface area contributed by atoms with E-state index < -0.39 is 0 Å². The van der Waals surface area contributed by atoms with Gasteiger partial charge in [0.15, 0.2) is 0 Å². The van der Waals surface area contributed by atoms with Gasteiger partial charge < -0.3 is 9.30 Å². The van der Waals surface area contributed by atoms with E-state index in [0.29, 0.717) is 17.5 Å². The van der Waals surface area contributed by atoms with Gasteiger partial charge in [0.05, 0.1) is 34.1 Å². The lowest BCUT2D eigenvalue weighted by atomic mass is 10.0. The van der Waals surface area contributed by atoms with E-state index >= 15 is 0 Å². The van der Waals surface area contributed by atoms with Crippen molar-refractivity contribution in [3.63, 3.8) is 0 Å². The summed E-state index contributed by atoms with van der Waals surface area (Å²) in [5.74, 6) is 1.23. The number of imidazole rings is 1. The van der Waals surface area contributed by atoms with Gasteiger partial charge in [-0.05, 0) is 25.5 Å². The monoisotopic (exact) mass is 284 g/mol. The molecule has 3 nitrogen and oxygen atoms in total. The summed E-state index contributed by atoms with van der Waals surface area (Å²) < 4.78 is 7.69. The molecule has 1 fully saturated rings. The Morgan fingerprint density at radius 1 is 1.50 bits per heavy atom. The fraction of sp³-hybridized carbons (Fsp3) is 0.462. The van der Waals surface area contributed by atoms with Crippen LogP contribution in [0.3, 0.4) is 0 Å². The van der Waals surface area contributed by atoms with Gasteiger partial charge in [0.25, 0.3) is 0 Å². The zero-order valence-electron chi connectivity index (χ0n) is 10.1. The van der Waals surface area contributed by atoms with Crippen LogP contribution in [0.15, 0.2) is 18.2 Å². The average molecular weight is 285 g/mol. The highest BCUT2D eigenvalue weighted by atomic mass is 35.5. The van der Waals surface area contributed by atoms with Gasteiger partial charge in [-0.15, -0.1) is 11.6 Å². The number of alkyl halides is 1. The minimum Gasteiger partial charge on any atom is -0.379 e. The summed E-state index contributed by atoms with van der Waals surface area (Å²) >= 11 is 12.4. The lowest BCUT2D eigenvalue weighted by molar-refractivity contribution is 0.162. The van der Waals surface area contributed by atoms with Gasteiger partial charge in [-0.25, -0.2) is 4.98 Å². The van der Waals surface area contributed by atoms with E-state index in [1.165, 1.54) is 0 Å². The molecule has 0 N–H and O–H groups in total. The Balaban J connectivity index is 2.31. The molecule has 0 spiro atoms. The Labute approximate surface area is 116 Å². The number of rotatable bonds is 2. The molecule has 2 heterocycles. The van der Waals surface area contributed by atoms with Gasteiger partial charge in [-0.3, -0.25) is 0 Å². The predicted molar refractivity (Wildman–Crippen MR) is 73.4 cm³/mol. The topological polar surface area (TPSA) is 27.1 Å². The number of benzene rings is 1. The molecule has 3 rings (SSSR count). The number of para-hydroxylation sites is 1. The first-order chi connectivity index (χ1) is 8.65. The fourth-order valence-corrected chi connectivity index (χ4v) is 3.07. The van der Waals surface area contributed by atoms with E-state index in [2.05, 4.69) is 16.5 Å². The van der Waals surface area contributed by atoms with E-state index in [4.69, 9.17) is 27.9 Å². The van der Waals surface area contributed by atoms with Crippen LogP contribution in [-0.4, -0.2) is 22.8 Å². The Morgan fingerprint density at radius 3 is 3.00 bits per heavy atom. The van der Waals surface area contributed by atoms with Gasteiger partial charge in [-0.2, -0.15) is 0 Å². The smallest absolute Gasteiger partial charge is 0.125 e. The third kappa shape index (κ3) is 1.73. The molecule has 1 unspecified atom stereocenters. The summed E-state index contributed by atoms with van der Waals surface area (Å²) in [5.41, 5.74) is 1.75. The first-order valence-electron chi connectivity index (χ1n) is 5.96. The molecule has 1 aliphatic heterocycles. The van der Waals surface area contributed by atoms with Crippen molar-refractivity contribution in [2.75, 3.05) is 13.2 Å². The zero-order chi connectivity index (χ0) is 12.8. The van der Waals surface area contributed by atoms with Crippen LogP contribution in [0.1, 0.15) is 19.2 Å². The second-order valence-electron chi connectivity index (χ2n) is 4.90. The zero-order valence-corrected chi connectivity index (χ0v) is 11.6. The van der Waals surface area contributed by atoms with Gasteiger partial charge in [0.2, 0.25) is 0 Å². The summed E-state index contributed by atoms with van der Waals surface area (Å²) in [6.07, 6.45) is 0.952. The highest BCUT2D eigenvalue weighted by Gasteiger charge is 2.35. The summed E-state index contributed by atoms with van der Waals surface area (Å²) in [7, 11) is 0. The second kappa shape index (κ2) is 4.41. The van der Waals surface area contributed by atoms with Gasteiger partial charge >= 0.3 is 0 Å². The lowest BCUT2D eigenvalue weighted by Gasteiger charge is -2.27. The van der Waals surface area contributed by atoms with E-state index in [9.17, 15) is 0 Å². The van der Waals surface area contributed by atoms with Crippen molar-refractivity contribution >= 4 is 34.2 Å². The van der Waals surface area contributed by atoms with Crippen LogP contribution in [0.25, 0.3) is 11.0 Å². The first-order valence-corrected chi connectivity index (χ1v) is 6.87. The summed E-state index contributed by atoms with van der Waals surface area (Å²) in [6, 6.07) is 5.76. The van der Waals surface area contributed by atoms with Crippen molar-refractivity contribution in [1.82, 2.24) is 9.55 Å². The Kier molecular flexibility index (Phi) is 3.00. The number of aromatic nitrogens is 2. The molecule has 1 aliphatic rings. The number of hydrogen-bond donors (Lipinski definition) is 0. The summed E-state index contributed by atoms with van der Waals surface area (Å²) in [6.45, 7) is 3.61. The maximum atomic E-state index is 6.33. The molecule has 1 atom stereocenters. The number of ether oxygens (including phenoxy) is 1. The van der Waals surface area contributed by atoms with Crippen molar-refractivity contribution in [3.8, 4) is 0 Å². The molecular weight excluding hydrogens is 271 g/mol. The Bertz CT molecular complexity index is 588. The molecule has 96 valence electrons. The van der Waals surface area contributed by atoms with E-state index in [1.54, 1.807) is 0 Å². The van der Waals surface area contributed by atoms with Crippen molar-refractivity contribution < 1.29 is 4.74 Å². The van der Waals surface area contributed by atoms with Crippen molar-refractivity contribution in [3.05, 3.63) is 29.0 Å². The van der Waals surface area contributed by atoms with Crippen molar-refractivity contribution in [2.24, 2.45) is 0 Å². The normalized spacial score (nSPS) is 23.9. The molecule has 0 saturated carbocycles. The Morgan fingerprint density at radius 2 is 2.33 bits per heavy atom. The number of halogens is 2.